The van der Waals surface area contributed by atoms with Gasteiger partial charge in [0.2, 0.25) is 0 Å². The van der Waals surface area contributed by atoms with E-state index in [2.05, 4.69) is 39.0 Å². The number of aromatic amines is 1. The Bertz CT molecular complexity index is 1070. The van der Waals surface area contributed by atoms with Gasteiger partial charge < -0.3 is 15.6 Å². The fraction of sp³-hybridized carbons (Fsp3) is 0.348. The number of amides is 2. The number of carbonyl (C=O) groups is 1. The fourth-order valence-corrected chi connectivity index (χ4v) is 4.78. The normalized spacial score (nSPS) is 19.4. The third-order valence-electron chi connectivity index (χ3n) is 6.46. The van der Waals surface area contributed by atoms with Gasteiger partial charge in [-0.1, -0.05) is 0 Å². The van der Waals surface area contributed by atoms with Crippen molar-refractivity contribution in [3.63, 3.8) is 0 Å². The highest BCUT2D eigenvalue weighted by Crippen LogP contribution is 2.38. The first-order valence-electron chi connectivity index (χ1n) is 10.5. The number of carbonyl (C=O) groups excluding carboxylic acids is 1. The molecule has 0 saturated carbocycles. The van der Waals surface area contributed by atoms with E-state index in [4.69, 9.17) is 5.73 Å². The zero-order chi connectivity index (χ0) is 20.7. The molecule has 6 nitrogen and oxygen atoms in total. The van der Waals surface area contributed by atoms with E-state index < -0.39 is 6.03 Å². The minimum absolute atomic E-state index is 0.122. The van der Waals surface area contributed by atoms with Gasteiger partial charge in [0.25, 0.3) is 0 Å². The number of nitrogens with zero attached hydrogens (tertiary/aromatic N) is 3. The monoisotopic (exact) mass is 407 g/mol. The van der Waals surface area contributed by atoms with Crippen molar-refractivity contribution in [1.29, 1.82) is 0 Å². The number of nitrogens with two attached hydrogens (primary N) is 1. The molecule has 2 amide bonds. The van der Waals surface area contributed by atoms with Gasteiger partial charge in [-0.15, -0.1) is 0 Å². The number of nitrogens with one attached hydrogen (secondary N) is 1. The summed E-state index contributed by atoms with van der Waals surface area (Å²) in [6, 6.07) is 12.8. The summed E-state index contributed by atoms with van der Waals surface area (Å²) in [5.74, 6) is -0.143. The lowest BCUT2D eigenvalue weighted by Crippen LogP contribution is -2.47. The molecule has 0 aliphatic carbocycles. The van der Waals surface area contributed by atoms with Crippen LogP contribution in [0.3, 0.4) is 0 Å². The molecule has 0 spiro atoms. The number of benzene rings is 2. The number of piperazine rings is 1. The number of hydrogen-bond donors (Lipinski definition) is 2. The third kappa shape index (κ3) is 3.50. The van der Waals surface area contributed by atoms with Gasteiger partial charge in [-0.25, -0.2) is 9.18 Å². The fourth-order valence-electron chi connectivity index (χ4n) is 4.78. The lowest BCUT2D eigenvalue weighted by atomic mass is 9.97. The maximum Gasteiger partial charge on any atom is 0.319 e. The van der Waals surface area contributed by atoms with Crippen molar-refractivity contribution >= 4 is 28.3 Å². The largest absolute Gasteiger partial charge is 0.369 e. The number of primary amides is 1. The van der Waals surface area contributed by atoms with Crippen LogP contribution >= 0.6 is 0 Å². The van der Waals surface area contributed by atoms with Gasteiger partial charge in [0, 0.05) is 67.1 Å². The standard InChI is InChI=1S/C23H26FN5O/c24-18-1-4-22-20(14-18)17(15-29(22)23(25)30)6-8-27-9-11-28(12-10-27)19-2-3-21-16(13-19)5-7-26-21/h1-5,7,13-14,17,26H,6,8-12,15H2,(H2,25,30)/t17-/m1/s1. The van der Waals surface area contributed by atoms with E-state index in [0.717, 1.165) is 55.9 Å². The number of anilines is 2. The predicted molar refractivity (Wildman–Crippen MR) is 118 cm³/mol. The highest BCUT2D eigenvalue weighted by Gasteiger charge is 2.32. The van der Waals surface area contributed by atoms with Crippen LogP contribution in [0.15, 0.2) is 48.7 Å². The zero-order valence-corrected chi connectivity index (χ0v) is 16.9. The zero-order valence-electron chi connectivity index (χ0n) is 16.9. The summed E-state index contributed by atoms with van der Waals surface area (Å²) < 4.78 is 13.8. The molecule has 3 heterocycles. The molecule has 156 valence electrons. The number of H-pyrrole nitrogens is 1. The van der Waals surface area contributed by atoms with E-state index in [9.17, 15) is 9.18 Å². The van der Waals surface area contributed by atoms with Gasteiger partial charge in [-0.05, 0) is 61.0 Å². The molecule has 3 N–H and O–H groups in total. The molecule has 0 radical (unpaired) electrons. The van der Waals surface area contributed by atoms with Crippen LogP contribution in [0.5, 0.6) is 0 Å². The Kier molecular flexibility index (Phi) is 4.83. The van der Waals surface area contributed by atoms with E-state index in [0.29, 0.717) is 6.54 Å². The topological polar surface area (TPSA) is 68.6 Å². The van der Waals surface area contributed by atoms with Crippen molar-refractivity contribution in [2.75, 3.05) is 49.1 Å². The third-order valence-corrected chi connectivity index (χ3v) is 6.46. The summed E-state index contributed by atoms with van der Waals surface area (Å²) in [6.07, 6.45) is 2.86. The molecule has 2 aromatic carbocycles. The van der Waals surface area contributed by atoms with Crippen LogP contribution in [-0.4, -0.2) is 55.2 Å². The van der Waals surface area contributed by atoms with E-state index in [1.807, 2.05) is 6.20 Å². The first-order valence-corrected chi connectivity index (χ1v) is 10.5. The van der Waals surface area contributed by atoms with Crippen LogP contribution in [-0.2, 0) is 0 Å². The van der Waals surface area contributed by atoms with Crippen LogP contribution in [0, 0.1) is 5.82 Å². The Labute approximate surface area is 175 Å². The van der Waals surface area contributed by atoms with E-state index in [-0.39, 0.29) is 11.7 Å². The Morgan fingerprint density at radius 3 is 2.73 bits per heavy atom. The van der Waals surface area contributed by atoms with Crippen molar-refractivity contribution in [2.24, 2.45) is 5.73 Å². The first kappa shape index (κ1) is 18.9. The number of hydrogen-bond acceptors (Lipinski definition) is 3. The first-order chi connectivity index (χ1) is 14.6. The minimum atomic E-state index is -0.474. The highest BCUT2D eigenvalue weighted by atomic mass is 19.1. The van der Waals surface area contributed by atoms with E-state index >= 15 is 0 Å². The second-order valence-corrected chi connectivity index (χ2v) is 8.22. The van der Waals surface area contributed by atoms with Gasteiger partial charge in [-0.2, -0.15) is 0 Å². The quantitative estimate of drug-likeness (QED) is 0.696. The summed E-state index contributed by atoms with van der Waals surface area (Å²) in [5.41, 5.74) is 9.60. The van der Waals surface area contributed by atoms with Crippen LogP contribution < -0.4 is 15.5 Å². The molecule has 2 aliphatic heterocycles. The number of rotatable bonds is 4. The second-order valence-electron chi connectivity index (χ2n) is 8.22. The lowest BCUT2D eigenvalue weighted by molar-refractivity contribution is 0.247. The highest BCUT2D eigenvalue weighted by molar-refractivity contribution is 5.93. The van der Waals surface area contributed by atoms with Crippen LogP contribution in [0.2, 0.25) is 0 Å². The summed E-state index contributed by atoms with van der Waals surface area (Å²) in [6.45, 7) is 5.42. The molecule has 2 aliphatic rings. The second kappa shape index (κ2) is 7.65. The summed E-state index contributed by atoms with van der Waals surface area (Å²) in [5, 5.41) is 1.24. The molecule has 1 fully saturated rings. The van der Waals surface area contributed by atoms with Crippen molar-refractivity contribution < 1.29 is 9.18 Å². The Hall–Kier alpha value is -3.06. The average molecular weight is 407 g/mol. The molecule has 1 aromatic heterocycles. The van der Waals surface area contributed by atoms with E-state index in [1.54, 1.807) is 17.0 Å². The molecular formula is C23H26FN5O. The van der Waals surface area contributed by atoms with Gasteiger partial charge in [0.1, 0.15) is 5.82 Å². The molecule has 3 aromatic rings. The molecule has 5 rings (SSSR count). The lowest BCUT2D eigenvalue weighted by Gasteiger charge is -2.36. The molecule has 30 heavy (non-hydrogen) atoms. The average Bonchev–Trinajstić information content (AvgIpc) is 3.36. The number of fused-ring (bicyclic) bond motifs is 2. The number of halogens is 1. The van der Waals surface area contributed by atoms with Crippen LogP contribution in [0.4, 0.5) is 20.6 Å². The minimum Gasteiger partial charge on any atom is -0.369 e. The molecule has 0 unspecified atom stereocenters. The maximum absolute atomic E-state index is 13.8. The predicted octanol–water partition coefficient (Wildman–Crippen LogP) is 3.50. The van der Waals surface area contributed by atoms with Crippen LogP contribution in [0.1, 0.15) is 17.9 Å². The Morgan fingerprint density at radius 2 is 1.93 bits per heavy atom. The van der Waals surface area contributed by atoms with Crippen molar-refractivity contribution in [2.45, 2.75) is 12.3 Å². The molecule has 0 bridgehead atoms. The molecule has 1 atom stereocenters. The van der Waals surface area contributed by atoms with Gasteiger partial charge >= 0.3 is 6.03 Å². The van der Waals surface area contributed by atoms with Crippen LogP contribution in [0.25, 0.3) is 10.9 Å². The SMILES string of the molecule is NC(=O)N1C[C@@H](CCN2CCN(c3ccc4[nH]ccc4c3)CC2)c2cc(F)ccc21. The van der Waals surface area contributed by atoms with E-state index in [1.165, 1.54) is 17.1 Å². The number of aromatic nitrogens is 1. The summed E-state index contributed by atoms with van der Waals surface area (Å²) in [7, 11) is 0. The maximum atomic E-state index is 13.8. The van der Waals surface area contributed by atoms with Crippen molar-refractivity contribution in [3.05, 3.63) is 60.0 Å². The molecule has 1 saturated heterocycles. The summed E-state index contributed by atoms with van der Waals surface area (Å²) in [4.78, 5) is 21.5. The number of urea groups is 1. The molecule has 7 heteroatoms. The Balaban J connectivity index is 1.19. The smallest absolute Gasteiger partial charge is 0.319 e. The molecular weight excluding hydrogens is 381 g/mol. The van der Waals surface area contributed by atoms with Crippen molar-refractivity contribution in [1.82, 2.24) is 9.88 Å². The van der Waals surface area contributed by atoms with Gasteiger partial charge in [0.05, 0.1) is 0 Å². The summed E-state index contributed by atoms with van der Waals surface area (Å²) >= 11 is 0. The van der Waals surface area contributed by atoms with Gasteiger partial charge in [0.15, 0.2) is 0 Å². The van der Waals surface area contributed by atoms with Crippen molar-refractivity contribution in [3.8, 4) is 0 Å². The Morgan fingerprint density at radius 1 is 1.10 bits per heavy atom. The van der Waals surface area contributed by atoms with Gasteiger partial charge in [-0.3, -0.25) is 9.80 Å².